The van der Waals surface area contributed by atoms with Gasteiger partial charge in [-0.15, -0.1) is 10.2 Å². The van der Waals surface area contributed by atoms with Gasteiger partial charge in [0.05, 0.1) is 12.3 Å². The Morgan fingerprint density at radius 2 is 1.86 bits per heavy atom. The molecule has 1 N–H and O–H groups in total. The number of carbonyl (C=O) groups is 1. The molecule has 0 aliphatic rings. The summed E-state index contributed by atoms with van der Waals surface area (Å²) >= 11 is 7.42. The first kappa shape index (κ1) is 20.4. The number of rotatable bonds is 9. The first-order valence-electron chi connectivity index (χ1n) is 9.30. The number of thioether (sulfide) groups is 1. The standard InChI is InChI=1S/C21H23ClN4OS/c1-2-3-13-23-19(27)15-28-21-25-24-20(17-9-11-18(22)12-10-17)26(21)14-16-7-5-4-6-8-16/h4-12H,2-3,13-15H2,1H3,(H,23,27). The topological polar surface area (TPSA) is 59.8 Å². The van der Waals surface area contributed by atoms with Gasteiger partial charge >= 0.3 is 0 Å². The van der Waals surface area contributed by atoms with Gasteiger partial charge in [-0.2, -0.15) is 0 Å². The molecule has 0 radical (unpaired) electrons. The van der Waals surface area contributed by atoms with Gasteiger partial charge in [0.1, 0.15) is 0 Å². The molecule has 7 heteroatoms. The molecular formula is C21H23ClN4OS. The molecule has 1 heterocycles. The molecule has 2 aromatic carbocycles. The van der Waals surface area contributed by atoms with Gasteiger partial charge in [-0.05, 0) is 36.2 Å². The number of amides is 1. The minimum atomic E-state index is 0.0146. The summed E-state index contributed by atoms with van der Waals surface area (Å²) in [5.74, 6) is 1.09. The van der Waals surface area contributed by atoms with Gasteiger partial charge in [-0.1, -0.05) is 67.0 Å². The summed E-state index contributed by atoms with van der Waals surface area (Å²) in [6.07, 6.45) is 2.05. The zero-order valence-electron chi connectivity index (χ0n) is 15.8. The quantitative estimate of drug-likeness (QED) is 0.408. The molecule has 146 valence electrons. The van der Waals surface area contributed by atoms with Crippen molar-refractivity contribution in [3.8, 4) is 11.4 Å². The van der Waals surface area contributed by atoms with E-state index in [1.807, 2.05) is 47.0 Å². The lowest BCUT2D eigenvalue weighted by atomic mass is 10.2. The highest BCUT2D eigenvalue weighted by molar-refractivity contribution is 7.99. The van der Waals surface area contributed by atoms with Crippen LogP contribution in [-0.2, 0) is 11.3 Å². The third kappa shape index (κ3) is 5.59. The molecule has 0 aliphatic carbocycles. The van der Waals surface area contributed by atoms with Crippen molar-refractivity contribution < 1.29 is 4.79 Å². The van der Waals surface area contributed by atoms with E-state index in [0.29, 0.717) is 23.9 Å². The van der Waals surface area contributed by atoms with Crippen molar-refractivity contribution in [3.63, 3.8) is 0 Å². The average molecular weight is 415 g/mol. The van der Waals surface area contributed by atoms with Crippen molar-refractivity contribution in [1.82, 2.24) is 20.1 Å². The number of hydrogen-bond acceptors (Lipinski definition) is 4. The van der Waals surface area contributed by atoms with Crippen LogP contribution >= 0.6 is 23.4 Å². The van der Waals surface area contributed by atoms with Crippen LogP contribution < -0.4 is 5.32 Å². The minimum Gasteiger partial charge on any atom is -0.355 e. The van der Waals surface area contributed by atoms with Crippen LogP contribution in [0.5, 0.6) is 0 Å². The van der Waals surface area contributed by atoms with E-state index < -0.39 is 0 Å². The average Bonchev–Trinajstić information content (AvgIpc) is 3.10. The summed E-state index contributed by atoms with van der Waals surface area (Å²) in [4.78, 5) is 12.1. The Morgan fingerprint density at radius 3 is 2.57 bits per heavy atom. The number of benzene rings is 2. The summed E-state index contributed by atoms with van der Waals surface area (Å²) in [7, 11) is 0. The third-order valence-electron chi connectivity index (χ3n) is 4.19. The molecule has 0 saturated carbocycles. The Labute approximate surface area is 174 Å². The largest absolute Gasteiger partial charge is 0.355 e. The van der Waals surface area contributed by atoms with Crippen molar-refractivity contribution in [1.29, 1.82) is 0 Å². The van der Waals surface area contributed by atoms with Crippen molar-refractivity contribution in [2.75, 3.05) is 12.3 Å². The Bertz CT molecular complexity index is 897. The lowest BCUT2D eigenvalue weighted by Gasteiger charge is -2.11. The first-order chi connectivity index (χ1) is 13.7. The van der Waals surface area contributed by atoms with E-state index in [-0.39, 0.29) is 5.91 Å². The number of nitrogens with zero attached hydrogens (tertiary/aromatic N) is 3. The molecule has 0 bridgehead atoms. The molecule has 0 fully saturated rings. The van der Waals surface area contributed by atoms with E-state index >= 15 is 0 Å². The molecule has 0 saturated heterocycles. The van der Waals surface area contributed by atoms with Crippen molar-refractivity contribution in [3.05, 3.63) is 65.2 Å². The smallest absolute Gasteiger partial charge is 0.230 e. The van der Waals surface area contributed by atoms with Crippen LogP contribution in [0.4, 0.5) is 0 Å². The Balaban J connectivity index is 1.81. The molecule has 28 heavy (non-hydrogen) atoms. The lowest BCUT2D eigenvalue weighted by molar-refractivity contribution is -0.118. The molecule has 5 nitrogen and oxygen atoms in total. The monoisotopic (exact) mass is 414 g/mol. The minimum absolute atomic E-state index is 0.0146. The van der Waals surface area contributed by atoms with Crippen molar-refractivity contribution >= 4 is 29.3 Å². The first-order valence-corrected chi connectivity index (χ1v) is 10.7. The fourth-order valence-corrected chi connectivity index (χ4v) is 3.60. The van der Waals surface area contributed by atoms with Gasteiger partial charge in [0.15, 0.2) is 11.0 Å². The van der Waals surface area contributed by atoms with Crippen LogP contribution in [0.25, 0.3) is 11.4 Å². The maximum atomic E-state index is 12.1. The maximum Gasteiger partial charge on any atom is 0.230 e. The predicted octanol–water partition coefficient (Wildman–Crippen LogP) is 4.66. The molecule has 0 aliphatic heterocycles. The molecule has 1 aromatic heterocycles. The van der Waals surface area contributed by atoms with E-state index in [1.54, 1.807) is 0 Å². The summed E-state index contributed by atoms with van der Waals surface area (Å²) in [5, 5.41) is 13.1. The third-order valence-corrected chi connectivity index (χ3v) is 5.41. The van der Waals surface area contributed by atoms with Gasteiger partial charge < -0.3 is 5.32 Å². The van der Waals surface area contributed by atoms with E-state index in [9.17, 15) is 4.79 Å². The van der Waals surface area contributed by atoms with Crippen molar-refractivity contribution in [2.24, 2.45) is 0 Å². The van der Waals surface area contributed by atoms with E-state index in [0.717, 1.165) is 34.9 Å². The van der Waals surface area contributed by atoms with Crippen LogP contribution in [0.1, 0.15) is 25.3 Å². The number of aromatic nitrogens is 3. The number of unbranched alkanes of at least 4 members (excludes halogenated alkanes) is 1. The second-order valence-electron chi connectivity index (χ2n) is 6.38. The maximum absolute atomic E-state index is 12.1. The van der Waals surface area contributed by atoms with E-state index in [4.69, 9.17) is 11.6 Å². The van der Waals surface area contributed by atoms with Gasteiger partial charge in [-0.25, -0.2) is 0 Å². The summed E-state index contributed by atoms with van der Waals surface area (Å²) in [6.45, 7) is 3.44. The summed E-state index contributed by atoms with van der Waals surface area (Å²) in [5.41, 5.74) is 2.08. The van der Waals surface area contributed by atoms with Gasteiger partial charge in [-0.3, -0.25) is 9.36 Å². The molecule has 0 spiro atoms. The van der Waals surface area contributed by atoms with Gasteiger partial charge in [0.2, 0.25) is 5.91 Å². The number of halogens is 1. The highest BCUT2D eigenvalue weighted by Gasteiger charge is 2.16. The molecule has 0 atom stereocenters. The van der Waals surface area contributed by atoms with Gasteiger partial charge in [0.25, 0.3) is 0 Å². The van der Waals surface area contributed by atoms with Crippen molar-refractivity contribution in [2.45, 2.75) is 31.5 Å². The van der Waals surface area contributed by atoms with Crippen LogP contribution in [-0.4, -0.2) is 33.0 Å². The summed E-state index contributed by atoms with van der Waals surface area (Å²) < 4.78 is 2.04. The second-order valence-corrected chi connectivity index (χ2v) is 7.76. The normalized spacial score (nSPS) is 10.8. The number of carbonyl (C=O) groups excluding carboxylic acids is 1. The molecule has 0 unspecified atom stereocenters. The highest BCUT2D eigenvalue weighted by Crippen LogP contribution is 2.26. The Kier molecular flexibility index (Phi) is 7.51. The van der Waals surface area contributed by atoms with Crippen LogP contribution in [0, 0.1) is 0 Å². The molecule has 3 rings (SSSR count). The Morgan fingerprint density at radius 1 is 1.11 bits per heavy atom. The van der Waals surface area contributed by atoms with E-state index in [2.05, 4.69) is 34.6 Å². The lowest BCUT2D eigenvalue weighted by Crippen LogP contribution is -2.26. The Hall–Kier alpha value is -2.31. The van der Waals surface area contributed by atoms with Gasteiger partial charge in [0, 0.05) is 17.1 Å². The highest BCUT2D eigenvalue weighted by atomic mass is 35.5. The molecule has 1 amide bonds. The molecule has 3 aromatic rings. The van der Waals surface area contributed by atoms with Crippen LogP contribution in [0.15, 0.2) is 59.8 Å². The fraction of sp³-hybridized carbons (Fsp3) is 0.286. The molecular weight excluding hydrogens is 392 g/mol. The fourth-order valence-electron chi connectivity index (χ4n) is 2.70. The number of hydrogen-bond donors (Lipinski definition) is 1. The van der Waals surface area contributed by atoms with Crippen LogP contribution in [0.2, 0.25) is 5.02 Å². The SMILES string of the molecule is CCCCNC(=O)CSc1nnc(-c2ccc(Cl)cc2)n1Cc1ccccc1. The number of nitrogens with one attached hydrogen (secondary N) is 1. The van der Waals surface area contributed by atoms with E-state index in [1.165, 1.54) is 11.8 Å². The zero-order valence-corrected chi connectivity index (χ0v) is 17.3. The predicted molar refractivity (Wildman–Crippen MR) is 115 cm³/mol. The summed E-state index contributed by atoms with van der Waals surface area (Å²) in [6, 6.07) is 17.7. The second kappa shape index (κ2) is 10.3. The van der Waals surface area contributed by atoms with Crippen LogP contribution in [0.3, 0.4) is 0 Å². The zero-order chi connectivity index (χ0) is 19.8.